The fourth-order valence-electron chi connectivity index (χ4n) is 3.09. The lowest BCUT2D eigenvalue weighted by molar-refractivity contribution is -0.155. The molecule has 0 spiro atoms. The van der Waals surface area contributed by atoms with E-state index < -0.39 is 5.60 Å². The molecule has 0 fully saturated rings. The van der Waals surface area contributed by atoms with Gasteiger partial charge in [0.2, 0.25) is 0 Å². The van der Waals surface area contributed by atoms with Crippen molar-refractivity contribution in [2.45, 2.75) is 59.0 Å². The summed E-state index contributed by atoms with van der Waals surface area (Å²) in [6, 6.07) is 7.38. The number of aromatic nitrogens is 1. The van der Waals surface area contributed by atoms with Gasteiger partial charge in [-0.2, -0.15) is 0 Å². The minimum absolute atomic E-state index is 0.139. The van der Waals surface area contributed by atoms with Gasteiger partial charge in [0.15, 0.2) is 0 Å². The number of fused-ring (bicyclic) bond motifs is 1. The zero-order valence-electron chi connectivity index (χ0n) is 17.6. The number of nitrogens with one attached hydrogen (secondary N) is 2. The largest absolute Gasteiger partial charge is 0.460 e. The van der Waals surface area contributed by atoms with Crippen LogP contribution in [0.3, 0.4) is 0 Å². The van der Waals surface area contributed by atoms with Gasteiger partial charge in [0.05, 0.1) is 0 Å². The normalized spacial score (nSPS) is 12.6. The van der Waals surface area contributed by atoms with Crippen LogP contribution in [-0.4, -0.2) is 34.0 Å². The van der Waals surface area contributed by atoms with Gasteiger partial charge in [-0.15, -0.1) is 0 Å². The Morgan fingerprint density at radius 3 is 2.62 bits per heavy atom. The van der Waals surface area contributed by atoms with E-state index in [2.05, 4.69) is 10.3 Å². The molecule has 0 aliphatic rings. The summed E-state index contributed by atoms with van der Waals surface area (Å²) >= 11 is 4.99. The highest BCUT2D eigenvalue weighted by Crippen LogP contribution is 2.18. The van der Waals surface area contributed by atoms with Gasteiger partial charge in [-0.1, -0.05) is 32.0 Å². The Morgan fingerprint density at radius 2 is 1.97 bits per heavy atom. The van der Waals surface area contributed by atoms with Crippen molar-refractivity contribution in [1.29, 1.82) is 0 Å². The van der Waals surface area contributed by atoms with Crippen molar-refractivity contribution >= 4 is 40.0 Å². The number of rotatable bonds is 9. The van der Waals surface area contributed by atoms with Gasteiger partial charge in [-0.25, -0.2) is 0 Å². The van der Waals surface area contributed by atoms with Crippen LogP contribution in [0.25, 0.3) is 10.9 Å². The van der Waals surface area contributed by atoms with Gasteiger partial charge in [0.25, 0.3) is 5.91 Å². The van der Waals surface area contributed by atoms with Gasteiger partial charge < -0.3 is 20.8 Å². The van der Waals surface area contributed by atoms with Crippen LogP contribution >= 0.6 is 12.2 Å². The van der Waals surface area contributed by atoms with E-state index in [1.165, 1.54) is 0 Å². The Labute approximate surface area is 177 Å². The molecule has 0 saturated carbocycles. The first-order valence-electron chi connectivity index (χ1n) is 9.98. The first kappa shape index (κ1) is 22.9. The lowest BCUT2D eigenvalue weighted by atomic mass is 10.0. The topological polar surface area (TPSA) is 97.2 Å². The fourth-order valence-corrected chi connectivity index (χ4v) is 3.22. The summed E-state index contributed by atoms with van der Waals surface area (Å²) < 4.78 is 5.35. The van der Waals surface area contributed by atoms with Crippen LogP contribution in [0.15, 0.2) is 24.3 Å². The maximum absolute atomic E-state index is 12.4. The second-order valence-electron chi connectivity index (χ2n) is 8.50. The summed E-state index contributed by atoms with van der Waals surface area (Å²) in [4.78, 5) is 27.6. The maximum atomic E-state index is 12.4. The highest BCUT2D eigenvalue weighted by atomic mass is 32.1. The monoisotopic (exact) mass is 417 g/mol. The number of H-pyrrole nitrogens is 1. The molecule has 1 aromatic heterocycles. The predicted octanol–water partition coefficient (Wildman–Crippen LogP) is 4.07. The van der Waals surface area contributed by atoms with Gasteiger partial charge in [0, 0.05) is 29.4 Å². The Hall–Kier alpha value is -2.41. The number of esters is 1. The number of nitrogens with two attached hydrogens (primary N) is 1. The molecule has 0 radical (unpaired) electrons. The van der Waals surface area contributed by atoms with Crippen molar-refractivity contribution in [3.63, 3.8) is 0 Å². The third-order valence-corrected chi connectivity index (χ3v) is 4.73. The second-order valence-corrected chi connectivity index (χ2v) is 8.94. The van der Waals surface area contributed by atoms with E-state index in [4.69, 9.17) is 22.7 Å². The van der Waals surface area contributed by atoms with E-state index in [0.717, 1.165) is 35.7 Å². The standard InChI is InChI=1S/C22H31N3O3S/c1-14(11-19(26)28-22(2,3)4)7-5-6-10-24-21(27)18-13-16-12-15(20(23)29)8-9-17(16)25-18/h8-9,12-14,25H,5-7,10-11H2,1-4H3,(H2,23,29)(H,24,27). The Bertz CT molecular complexity index is 883. The van der Waals surface area contributed by atoms with E-state index in [9.17, 15) is 9.59 Å². The Kier molecular flexibility index (Phi) is 7.79. The molecule has 4 N–H and O–H groups in total. The van der Waals surface area contributed by atoms with E-state index in [1.54, 1.807) is 6.07 Å². The molecule has 2 aromatic rings. The van der Waals surface area contributed by atoms with Gasteiger partial charge in [-0.05, 0) is 57.4 Å². The maximum Gasteiger partial charge on any atom is 0.306 e. The lowest BCUT2D eigenvalue weighted by Crippen LogP contribution is -2.25. The quantitative estimate of drug-likeness (QED) is 0.325. The third-order valence-electron chi connectivity index (χ3n) is 4.49. The van der Waals surface area contributed by atoms with E-state index in [1.807, 2.05) is 45.9 Å². The number of carbonyl (C=O) groups is 2. The summed E-state index contributed by atoms with van der Waals surface area (Å²) in [5.74, 6) is -0.0346. The number of unbranched alkanes of at least 4 members (excludes halogenated alkanes) is 1. The van der Waals surface area contributed by atoms with Crippen molar-refractivity contribution in [3.05, 3.63) is 35.5 Å². The number of aromatic amines is 1. The van der Waals surface area contributed by atoms with E-state index in [-0.39, 0.29) is 17.8 Å². The number of amides is 1. The molecule has 1 aromatic carbocycles. The summed E-state index contributed by atoms with van der Waals surface area (Å²) in [5, 5.41) is 3.83. The van der Waals surface area contributed by atoms with E-state index in [0.29, 0.717) is 23.6 Å². The zero-order chi connectivity index (χ0) is 21.6. The van der Waals surface area contributed by atoms with Crippen LogP contribution in [0, 0.1) is 5.92 Å². The van der Waals surface area contributed by atoms with Crippen LogP contribution < -0.4 is 11.1 Å². The fraction of sp³-hybridized carbons (Fsp3) is 0.500. The number of ether oxygens (including phenoxy) is 1. The molecule has 2 rings (SSSR count). The molecule has 29 heavy (non-hydrogen) atoms. The smallest absolute Gasteiger partial charge is 0.306 e. The number of carbonyl (C=O) groups excluding carboxylic acids is 2. The summed E-state index contributed by atoms with van der Waals surface area (Å²) in [5.41, 5.74) is 7.37. The molecule has 7 heteroatoms. The second kappa shape index (κ2) is 9.87. The molecular formula is C22H31N3O3S. The van der Waals surface area contributed by atoms with Crippen LogP contribution in [0.5, 0.6) is 0 Å². The molecule has 1 heterocycles. The molecule has 158 valence electrons. The first-order valence-corrected chi connectivity index (χ1v) is 10.4. The van der Waals surface area contributed by atoms with E-state index >= 15 is 0 Å². The molecular weight excluding hydrogens is 386 g/mol. The summed E-state index contributed by atoms with van der Waals surface area (Å²) in [6.45, 7) is 8.26. The van der Waals surface area contributed by atoms with Crippen LogP contribution in [0.4, 0.5) is 0 Å². The molecule has 6 nitrogen and oxygen atoms in total. The third kappa shape index (κ3) is 7.49. The predicted molar refractivity (Wildman–Crippen MR) is 120 cm³/mol. The minimum Gasteiger partial charge on any atom is -0.460 e. The van der Waals surface area contributed by atoms with Crippen molar-refractivity contribution in [3.8, 4) is 0 Å². The molecule has 0 saturated heterocycles. The number of hydrogen-bond acceptors (Lipinski definition) is 4. The highest BCUT2D eigenvalue weighted by Gasteiger charge is 2.18. The van der Waals surface area contributed by atoms with Crippen molar-refractivity contribution < 1.29 is 14.3 Å². The minimum atomic E-state index is -0.443. The summed E-state index contributed by atoms with van der Waals surface area (Å²) in [6.07, 6.45) is 3.14. The molecule has 0 aliphatic carbocycles. The number of benzene rings is 1. The average molecular weight is 418 g/mol. The Balaban J connectivity index is 1.72. The van der Waals surface area contributed by atoms with Gasteiger partial charge in [0.1, 0.15) is 16.3 Å². The highest BCUT2D eigenvalue weighted by molar-refractivity contribution is 7.80. The summed E-state index contributed by atoms with van der Waals surface area (Å²) in [7, 11) is 0. The SMILES string of the molecule is CC(CCCCNC(=O)c1cc2cc(C(N)=S)ccc2[nH]1)CC(=O)OC(C)(C)C. The molecule has 1 unspecified atom stereocenters. The van der Waals surface area contributed by atoms with Crippen molar-refractivity contribution in [2.24, 2.45) is 11.7 Å². The number of thiocarbonyl (C=S) groups is 1. The molecule has 1 atom stereocenters. The van der Waals surface area contributed by atoms with Gasteiger partial charge >= 0.3 is 5.97 Å². The van der Waals surface area contributed by atoms with Crippen LogP contribution in [0.2, 0.25) is 0 Å². The van der Waals surface area contributed by atoms with Crippen LogP contribution in [0.1, 0.15) is 69.4 Å². The van der Waals surface area contributed by atoms with Crippen LogP contribution in [-0.2, 0) is 9.53 Å². The average Bonchev–Trinajstić information content (AvgIpc) is 3.02. The Morgan fingerprint density at radius 1 is 1.24 bits per heavy atom. The van der Waals surface area contributed by atoms with Crippen molar-refractivity contribution in [2.75, 3.05) is 6.54 Å². The number of hydrogen-bond donors (Lipinski definition) is 3. The molecule has 1 amide bonds. The zero-order valence-corrected chi connectivity index (χ0v) is 18.4. The lowest BCUT2D eigenvalue weighted by Gasteiger charge is -2.20. The van der Waals surface area contributed by atoms with Crippen molar-refractivity contribution in [1.82, 2.24) is 10.3 Å². The molecule has 0 bridgehead atoms. The van der Waals surface area contributed by atoms with Gasteiger partial charge in [-0.3, -0.25) is 9.59 Å². The molecule has 0 aliphatic heterocycles. The first-order chi connectivity index (χ1) is 13.5.